The summed E-state index contributed by atoms with van der Waals surface area (Å²) < 4.78 is 29.0. The van der Waals surface area contributed by atoms with Crippen molar-refractivity contribution in [3.63, 3.8) is 0 Å². The van der Waals surface area contributed by atoms with Crippen molar-refractivity contribution in [2.24, 2.45) is 5.92 Å². The Bertz CT molecular complexity index is 1440. The van der Waals surface area contributed by atoms with Gasteiger partial charge in [0.25, 0.3) is 10.0 Å². The van der Waals surface area contributed by atoms with Crippen molar-refractivity contribution in [1.82, 2.24) is 9.88 Å². The second kappa shape index (κ2) is 13.7. The molecule has 3 aromatic rings. The van der Waals surface area contributed by atoms with Gasteiger partial charge in [0, 0.05) is 62.8 Å². The zero-order chi connectivity index (χ0) is 29.6. The van der Waals surface area contributed by atoms with E-state index in [0.29, 0.717) is 40.6 Å². The van der Waals surface area contributed by atoms with Gasteiger partial charge in [0.2, 0.25) is 5.91 Å². The van der Waals surface area contributed by atoms with E-state index in [9.17, 15) is 13.2 Å². The van der Waals surface area contributed by atoms with Crippen LogP contribution in [0.4, 0.5) is 11.4 Å². The number of aromatic nitrogens is 1. The summed E-state index contributed by atoms with van der Waals surface area (Å²) in [5, 5.41) is 0.544. The first-order valence-electron chi connectivity index (χ1n) is 14.4. The van der Waals surface area contributed by atoms with Gasteiger partial charge >= 0.3 is 0 Å². The van der Waals surface area contributed by atoms with Crippen molar-refractivity contribution in [3.8, 4) is 0 Å². The number of anilines is 2. The third-order valence-electron chi connectivity index (χ3n) is 8.12. The molecule has 1 amide bonds. The molecule has 0 bridgehead atoms. The van der Waals surface area contributed by atoms with E-state index in [4.69, 9.17) is 11.6 Å². The number of hydrogen-bond donors (Lipinski definition) is 0. The van der Waals surface area contributed by atoms with Crippen LogP contribution < -0.4 is 9.21 Å². The number of hydrogen-bond acceptors (Lipinski definition) is 5. The molecule has 1 saturated heterocycles. The third kappa shape index (κ3) is 7.41. The smallest absolute Gasteiger partial charge is 0.264 e. The molecule has 2 heterocycles. The van der Waals surface area contributed by atoms with E-state index < -0.39 is 10.0 Å². The molecule has 0 spiro atoms. The molecule has 4 rings (SSSR count). The summed E-state index contributed by atoms with van der Waals surface area (Å²) >= 11 is 6.24. The fourth-order valence-electron chi connectivity index (χ4n) is 5.55. The second-order valence-electron chi connectivity index (χ2n) is 10.9. The highest BCUT2D eigenvalue weighted by molar-refractivity contribution is 7.92. The lowest BCUT2D eigenvalue weighted by Crippen LogP contribution is -2.35. The number of halogens is 1. The van der Waals surface area contributed by atoms with Crippen LogP contribution in [0.1, 0.15) is 49.3 Å². The molecule has 0 unspecified atom stereocenters. The Hall–Kier alpha value is -3.10. The summed E-state index contributed by atoms with van der Waals surface area (Å²) in [5.41, 5.74) is 3.99. The maximum absolute atomic E-state index is 13.8. The molecular formula is C32H41ClN4O3S. The van der Waals surface area contributed by atoms with E-state index in [2.05, 4.69) is 22.0 Å². The van der Waals surface area contributed by atoms with Crippen molar-refractivity contribution >= 4 is 38.9 Å². The normalized spacial score (nSPS) is 14.2. The van der Waals surface area contributed by atoms with Gasteiger partial charge in [-0.05, 0) is 99.4 Å². The van der Waals surface area contributed by atoms with Crippen LogP contribution in [0.2, 0.25) is 5.02 Å². The Morgan fingerprint density at radius 2 is 1.73 bits per heavy atom. The molecule has 9 heteroatoms. The predicted octanol–water partition coefficient (Wildman–Crippen LogP) is 6.26. The first-order valence-corrected chi connectivity index (χ1v) is 16.2. The highest BCUT2D eigenvalue weighted by Crippen LogP contribution is 2.32. The lowest BCUT2D eigenvalue weighted by atomic mass is 9.93. The molecule has 220 valence electrons. The number of pyridine rings is 1. The summed E-state index contributed by atoms with van der Waals surface area (Å²) in [7, 11) is -1.95. The molecule has 0 atom stereocenters. The van der Waals surface area contributed by atoms with Gasteiger partial charge in [-0.1, -0.05) is 29.8 Å². The summed E-state index contributed by atoms with van der Waals surface area (Å²) in [6, 6.07) is 14.9. The number of piperidine rings is 1. The number of sulfonamides is 1. The molecule has 0 saturated carbocycles. The fraction of sp³-hybridized carbons (Fsp3) is 0.438. The lowest BCUT2D eigenvalue weighted by Gasteiger charge is -2.34. The van der Waals surface area contributed by atoms with E-state index in [1.165, 1.54) is 9.99 Å². The number of aryl methyl sites for hydroxylation is 3. The number of carbonyl (C=O) groups is 1. The molecule has 1 fully saturated rings. The summed E-state index contributed by atoms with van der Waals surface area (Å²) in [6.07, 6.45) is 7.68. The monoisotopic (exact) mass is 596 g/mol. The molecule has 1 aliphatic heterocycles. The lowest BCUT2D eigenvalue weighted by molar-refractivity contribution is -0.130. The third-order valence-corrected chi connectivity index (χ3v) is 10.6. The molecular weight excluding hydrogens is 556 g/mol. The second-order valence-corrected chi connectivity index (χ2v) is 13.1. The number of rotatable bonds is 11. The van der Waals surface area contributed by atoms with Crippen LogP contribution in [-0.2, 0) is 21.2 Å². The van der Waals surface area contributed by atoms with Gasteiger partial charge in [0.15, 0.2) is 0 Å². The van der Waals surface area contributed by atoms with Crippen LogP contribution in [0.5, 0.6) is 0 Å². The molecule has 1 aliphatic rings. The van der Waals surface area contributed by atoms with E-state index in [0.717, 1.165) is 44.5 Å². The van der Waals surface area contributed by atoms with Crippen molar-refractivity contribution in [2.45, 2.75) is 57.8 Å². The average molecular weight is 597 g/mol. The zero-order valence-electron chi connectivity index (χ0n) is 24.5. The van der Waals surface area contributed by atoms with Crippen molar-refractivity contribution in [3.05, 3.63) is 82.6 Å². The van der Waals surface area contributed by atoms with Gasteiger partial charge in [0.05, 0.1) is 10.6 Å². The molecule has 41 heavy (non-hydrogen) atoms. The topological polar surface area (TPSA) is 73.8 Å². The molecule has 1 aromatic heterocycles. The molecule has 0 radical (unpaired) electrons. The van der Waals surface area contributed by atoms with Crippen LogP contribution in [0.15, 0.2) is 65.8 Å². The number of benzene rings is 2. The molecule has 2 aromatic carbocycles. The van der Waals surface area contributed by atoms with Crippen LogP contribution >= 0.6 is 11.6 Å². The maximum atomic E-state index is 13.8. The fourth-order valence-corrected chi connectivity index (χ4v) is 7.58. The van der Waals surface area contributed by atoms with Crippen molar-refractivity contribution < 1.29 is 13.2 Å². The Balaban J connectivity index is 1.35. The Morgan fingerprint density at radius 1 is 1.05 bits per heavy atom. The highest BCUT2D eigenvalue weighted by atomic mass is 35.5. The minimum Gasteiger partial charge on any atom is -0.371 e. The Kier molecular flexibility index (Phi) is 10.3. The summed E-state index contributed by atoms with van der Waals surface area (Å²) in [4.78, 5) is 21.7. The van der Waals surface area contributed by atoms with Crippen LogP contribution in [0.25, 0.3) is 0 Å². The van der Waals surface area contributed by atoms with E-state index in [-0.39, 0.29) is 17.3 Å². The summed E-state index contributed by atoms with van der Waals surface area (Å²) in [6.45, 7) is 8.44. The molecule has 0 N–H and O–H groups in total. The van der Waals surface area contributed by atoms with Gasteiger partial charge in [-0.25, -0.2) is 8.42 Å². The average Bonchev–Trinajstić information content (AvgIpc) is 2.98. The van der Waals surface area contributed by atoms with E-state index in [1.807, 2.05) is 55.5 Å². The van der Waals surface area contributed by atoms with Gasteiger partial charge in [0.1, 0.15) is 0 Å². The maximum Gasteiger partial charge on any atom is 0.264 e. The highest BCUT2D eigenvalue weighted by Gasteiger charge is 2.28. The SMILES string of the molecule is CCN(c1ccccc1CCC(=O)N(C)CCC1CCN(c2ccncc2)CC1)S(=O)(=O)c1cc(C)c(Cl)cc1C. The van der Waals surface area contributed by atoms with E-state index >= 15 is 0 Å². The first kappa shape index (κ1) is 30.8. The summed E-state index contributed by atoms with van der Waals surface area (Å²) in [5.74, 6) is 0.677. The van der Waals surface area contributed by atoms with Crippen LogP contribution in [0, 0.1) is 19.8 Å². The van der Waals surface area contributed by atoms with Gasteiger partial charge in [-0.15, -0.1) is 0 Å². The minimum absolute atomic E-state index is 0.0732. The largest absolute Gasteiger partial charge is 0.371 e. The van der Waals surface area contributed by atoms with Crippen LogP contribution in [0.3, 0.4) is 0 Å². The number of amides is 1. The Morgan fingerprint density at radius 3 is 2.41 bits per heavy atom. The van der Waals surface area contributed by atoms with E-state index in [1.54, 1.807) is 26.0 Å². The first-order chi connectivity index (χ1) is 19.6. The standard InChI is InChI=1S/C32H41ClN4O3S/c1-5-37(41(39,40)31-23-24(2)29(33)22-25(31)3)30-9-7-6-8-27(30)10-11-32(38)35(4)19-14-26-15-20-36(21-16-26)28-12-17-34-18-13-28/h6-9,12-13,17-18,22-23,26H,5,10-11,14-16,19-21H2,1-4H3. The quantitative estimate of drug-likeness (QED) is 0.261. The van der Waals surface area contributed by atoms with Crippen molar-refractivity contribution in [2.75, 3.05) is 42.4 Å². The van der Waals surface area contributed by atoms with Gasteiger partial charge < -0.3 is 9.80 Å². The van der Waals surface area contributed by atoms with Gasteiger partial charge in [-0.3, -0.25) is 14.1 Å². The van der Waals surface area contributed by atoms with Gasteiger partial charge in [-0.2, -0.15) is 0 Å². The van der Waals surface area contributed by atoms with Crippen molar-refractivity contribution in [1.29, 1.82) is 0 Å². The number of para-hydroxylation sites is 1. The Labute approximate surface area is 250 Å². The molecule has 7 nitrogen and oxygen atoms in total. The molecule has 0 aliphatic carbocycles. The number of carbonyl (C=O) groups excluding carboxylic acids is 1. The number of nitrogens with zero attached hydrogens (tertiary/aromatic N) is 4. The van der Waals surface area contributed by atoms with Crippen LogP contribution in [-0.4, -0.2) is 57.4 Å². The minimum atomic E-state index is -3.82. The predicted molar refractivity (Wildman–Crippen MR) is 167 cm³/mol. The zero-order valence-corrected chi connectivity index (χ0v) is 26.1.